The maximum Gasteiger partial charge on any atom is 0.199 e. The molecular formula is C21H31N5O. The molecule has 0 saturated heterocycles. The van der Waals surface area contributed by atoms with Crippen molar-refractivity contribution in [3.05, 3.63) is 29.7 Å². The smallest absolute Gasteiger partial charge is 0.199 e. The molecule has 6 nitrogen and oxygen atoms in total. The Bertz CT molecular complexity index is 732. The summed E-state index contributed by atoms with van der Waals surface area (Å²) in [6.07, 6.45) is 12.7. The van der Waals surface area contributed by atoms with E-state index >= 15 is 0 Å². The van der Waals surface area contributed by atoms with E-state index in [9.17, 15) is 0 Å². The molecule has 2 heterocycles. The first kappa shape index (κ1) is 18.6. The quantitative estimate of drug-likeness (QED) is 0.802. The Morgan fingerprint density at radius 1 is 1.11 bits per heavy atom. The molecule has 6 heteroatoms. The Morgan fingerprint density at radius 2 is 1.85 bits per heavy atom. The van der Waals surface area contributed by atoms with E-state index in [1.807, 2.05) is 12.1 Å². The Morgan fingerprint density at radius 3 is 2.59 bits per heavy atom. The van der Waals surface area contributed by atoms with Crippen LogP contribution >= 0.6 is 0 Å². The highest BCUT2D eigenvalue weighted by Gasteiger charge is 2.27. The molecular weight excluding hydrogens is 338 g/mol. The minimum Gasteiger partial charge on any atom is -0.375 e. The van der Waals surface area contributed by atoms with Crippen molar-refractivity contribution in [3.8, 4) is 11.5 Å². The van der Waals surface area contributed by atoms with Crippen LogP contribution in [-0.2, 0) is 4.74 Å². The lowest BCUT2D eigenvalue weighted by molar-refractivity contribution is -0.0301. The number of rotatable bonds is 6. The van der Waals surface area contributed by atoms with Crippen LogP contribution in [-0.4, -0.2) is 38.4 Å². The normalized spacial score (nSPS) is 25.0. The number of aryl methyl sites for hydroxylation is 1. The molecule has 0 aromatic carbocycles. The minimum atomic E-state index is 0.147. The lowest BCUT2D eigenvalue weighted by Crippen LogP contribution is -2.37. The predicted octanol–water partition coefficient (Wildman–Crippen LogP) is 4.10. The lowest BCUT2D eigenvalue weighted by Gasteiger charge is -2.32. The molecule has 2 saturated carbocycles. The van der Waals surface area contributed by atoms with Gasteiger partial charge in [0.05, 0.1) is 18.2 Å². The van der Waals surface area contributed by atoms with E-state index < -0.39 is 0 Å². The standard InChI is InChI=1S/C21H31N5O/c1-14-11-12-22-19(13-14)21-24-20(25-26-21)15(2)23-16-7-9-18(10-8-16)27-17-5-3-4-6-17/h11-13,15-18,23H,3-10H2,1-2H3,(H,24,25,26). The van der Waals surface area contributed by atoms with Gasteiger partial charge in [0.15, 0.2) is 5.82 Å². The maximum absolute atomic E-state index is 6.29. The molecule has 146 valence electrons. The number of aromatic nitrogens is 4. The molecule has 0 aliphatic heterocycles. The van der Waals surface area contributed by atoms with Crippen LogP contribution in [0.3, 0.4) is 0 Å². The van der Waals surface area contributed by atoms with E-state index in [1.165, 1.54) is 38.5 Å². The number of nitrogens with zero attached hydrogens (tertiary/aromatic N) is 3. The monoisotopic (exact) mass is 369 g/mol. The highest BCUT2D eigenvalue weighted by atomic mass is 16.5. The number of hydrogen-bond acceptors (Lipinski definition) is 5. The topological polar surface area (TPSA) is 75.7 Å². The van der Waals surface area contributed by atoms with Crippen molar-refractivity contribution in [1.82, 2.24) is 25.5 Å². The molecule has 27 heavy (non-hydrogen) atoms. The zero-order valence-electron chi connectivity index (χ0n) is 16.4. The zero-order valence-corrected chi connectivity index (χ0v) is 16.4. The van der Waals surface area contributed by atoms with Gasteiger partial charge < -0.3 is 10.1 Å². The first-order chi connectivity index (χ1) is 13.2. The summed E-state index contributed by atoms with van der Waals surface area (Å²) in [6.45, 7) is 4.20. The van der Waals surface area contributed by atoms with Gasteiger partial charge >= 0.3 is 0 Å². The van der Waals surface area contributed by atoms with Gasteiger partial charge in [0.2, 0.25) is 0 Å². The summed E-state index contributed by atoms with van der Waals surface area (Å²) in [5.41, 5.74) is 1.98. The third-order valence-electron chi connectivity index (χ3n) is 5.90. The van der Waals surface area contributed by atoms with E-state index in [2.05, 4.69) is 39.3 Å². The predicted molar refractivity (Wildman–Crippen MR) is 105 cm³/mol. The second-order valence-electron chi connectivity index (χ2n) is 8.17. The summed E-state index contributed by atoms with van der Waals surface area (Å²) in [6, 6.07) is 4.66. The number of nitrogens with one attached hydrogen (secondary N) is 2. The van der Waals surface area contributed by atoms with Crippen molar-refractivity contribution in [2.24, 2.45) is 0 Å². The van der Waals surface area contributed by atoms with Crippen LogP contribution in [0.15, 0.2) is 18.3 Å². The Kier molecular flexibility index (Phi) is 5.83. The number of H-pyrrole nitrogens is 1. The second-order valence-corrected chi connectivity index (χ2v) is 8.17. The molecule has 1 unspecified atom stereocenters. The molecule has 0 bridgehead atoms. The van der Waals surface area contributed by atoms with Gasteiger partial charge in [0.1, 0.15) is 11.5 Å². The van der Waals surface area contributed by atoms with E-state index in [4.69, 9.17) is 4.74 Å². The molecule has 4 rings (SSSR count). The van der Waals surface area contributed by atoms with Gasteiger partial charge in [-0.15, -0.1) is 0 Å². The SMILES string of the molecule is Cc1ccnc(-c2n[nH]c(C(C)NC3CCC(OC4CCCC4)CC3)n2)c1. The molecule has 2 aliphatic carbocycles. The molecule has 0 radical (unpaired) electrons. The number of aromatic amines is 1. The molecule has 2 aliphatic rings. The van der Waals surface area contributed by atoms with E-state index in [0.717, 1.165) is 29.9 Å². The summed E-state index contributed by atoms with van der Waals surface area (Å²) in [4.78, 5) is 9.02. The minimum absolute atomic E-state index is 0.147. The van der Waals surface area contributed by atoms with Crippen LogP contribution in [0.5, 0.6) is 0 Å². The molecule has 2 aromatic heterocycles. The molecule has 2 fully saturated rings. The maximum atomic E-state index is 6.29. The summed E-state index contributed by atoms with van der Waals surface area (Å²) >= 11 is 0. The molecule has 0 amide bonds. The van der Waals surface area contributed by atoms with Crippen LogP contribution in [0.4, 0.5) is 0 Å². The van der Waals surface area contributed by atoms with Crippen LogP contribution in [0, 0.1) is 6.92 Å². The van der Waals surface area contributed by atoms with Gasteiger partial charge in [0.25, 0.3) is 0 Å². The van der Waals surface area contributed by atoms with E-state index in [0.29, 0.717) is 24.1 Å². The number of ether oxygens (including phenoxy) is 1. The molecule has 2 N–H and O–H groups in total. The Labute approximate surface area is 161 Å². The van der Waals surface area contributed by atoms with Gasteiger partial charge in [-0.25, -0.2) is 4.98 Å². The van der Waals surface area contributed by atoms with Gasteiger partial charge in [-0.05, 0) is 70.1 Å². The van der Waals surface area contributed by atoms with Crippen molar-refractivity contribution in [3.63, 3.8) is 0 Å². The molecule has 0 spiro atoms. The van der Waals surface area contributed by atoms with Crippen molar-refractivity contribution in [1.29, 1.82) is 0 Å². The van der Waals surface area contributed by atoms with Crippen LogP contribution in [0.1, 0.15) is 75.7 Å². The van der Waals surface area contributed by atoms with Crippen LogP contribution in [0.2, 0.25) is 0 Å². The third kappa shape index (κ3) is 4.74. The van der Waals surface area contributed by atoms with Gasteiger partial charge in [-0.3, -0.25) is 10.1 Å². The van der Waals surface area contributed by atoms with E-state index in [-0.39, 0.29) is 6.04 Å². The van der Waals surface area contributed by atoms with Gasteiger partial charge in [-0.2, -0.15) is 5.10 Å². The fourth-order valence-corrected chi connectivity index (χ4v) is 4.34. The average molecular weight is 370 g/mol. The fourth-order valence-electron chi connectivity index (χ4n) is 4.34. The van der Waals surface area contributed by atoms with Gasteiger partial charge in [0, 0.05) is 12.2 Å². The highest BCUT2D eigenvalue weighted by Crippen LogP contribution is 2.29. The largest absolute Gasteiger partial charge is 0.375 e. The highest BCUT2D eigenvalue weighted by molar-refractivity contribution is 5.49. The lowest BCUT2D eigenvalue weighted by atomic mass is 9.92. The third-order valence-corrected chi connectivity index (χ3v) is 5.90. The summed E-state index contributed by atoms with van der Waals surface area (Å²) in [5.74, 6) is 1.54. The molecule has 1 atom stereocenters. The Balaban J connectivity index is 1.28. The number of hydrogen-bond donors (Lipinski definition) is 2. The zero-order chi connectivity index (χ0) is 18.6. The first-order valence-electron chi connectivity index (χ1n) is 10.4. The van der Waals surface area contributed by atoms with Crippen molar-refractivity contribution in [2.45, 2.75) is 89.5 Å². The summed E-state index contributed by atoms with van der Waals surface area (Å²) < 4.78 is 6.29. The van der Waals surface area contributed by atoms with E-state index in [1.54, 1.807) is 6.20 Å². The fraction of sp³-hybridized carbons (Fsp3) is 0.667. The van der Waals surface area contributed by atoms with Gasteiger partial charge in [-0.1, -0.05) is 12.8 Å². The van der Waals surface area contributed by atoms with Crippen LogP contribution in [0.25, 0.3) is 11.5 Å². The number of pyridine rings is 1. The van der Waals surface area contributed by atoms with Crippen molar-refractivity contribution >= 4 is 0 Å². The van der Waals surface area contributed by atoms with Crippen LogP contribution < -0.4 is 5.32 Å². The summed E-state index contributed by atoms with van der Waals surface area (Å²) in [5, 5.41) is 11.2. The first-order valence-corrected chi connectivity index (χ1v) is 10.4. The van der Waals surface area contributed by atoms with Crippen molar-refractivity contribution < 1.29 is 4.74 Å². The second kappa shape index (κ2) is 8.48. The van der Waals surface area contributed by atoms with Crippen molar-refractivity contribution in [2.75, 3.05) is 0 Å². The summed E-state index contributed by atoms with van der Waals surface area (Å²) in [7, 11) is 0. The molecule has 2 aromatic rings. The average Bonchev–Trinajstić information content (AvgIpc) is 3.35. The Hall–Kier alpha value is -1.79.